The topological polar surface area (TPSA) is 65.2 Å². The summed E-state index contributed by atoms with van der Waals surface area (Å²) in [4.78, 5) is 19.9. The summed E-state index contributed by atoms with van der Waals surface area (Å²) in [6.45, 7) is 1.77. The van der Waals surface area contributed by atoms with E-state index in [0.29, 0.717) is 22.8 Å². The molecule has 19 heavy (non-hydrogen) atoms. The Hall–Kier alpha value is -2.69. The normalized spacial score (nSPS) is 10.6. The van der Waals surface area contributed by atoms with Crippen LogP contribution < -0.4 is 4.74 Å². The number of carbonyl (C=O) groups excluding carboxylic acids is 1. The van der Waals surface area contributed by atoms with Crippen LogP contribution in [-0.2, 0) is 0 Å². The molecule has 2 heterocycles. The Morgan fingerprint density at radius 1 is 1.21 bits per heavy atom. The summed E-state index contributed by atoms with van der Waals surface area (Å²) in [5.41, 5.74) is 1.78. The van der Waals surface area contributed by atoms with Gasteiger partial charge in [0.05, 0.1) is 5.56 Å². The first-order valence-electron chi connectivity index (χ1n) is 5.72. The minimum Gasteiger partial charge on any atom is -0.441 e. The molecule has 1 aromatic carbocycles. The number of carbonyl (C=O) groups is 1. The fourth-order valence-electron chi connectivity index (χ4n) is 1.74. The maximum absolute atomic E-state index is 11.9. The minimum absolute atomic E-state index is 0.422. The zero-order valence-electron chi connectivity index (χ0n) is 10.2. The Kier molecular flexibility index (Phi) is 2.72. The van der Waals surface area contributed by atoms with Crippen molar-refractivity contribution in [1.82, 2.24) is 9.97 Å². The van der Waals surface area contributed by atoms with Gasteiger partial charge in [-0.15, -0.1) is 0 Å². The molecule has 0 radical (unpaired) electrons. The van der Waals surface area contributed by atoms with E-state index < -0.39 is 5.97 Å². The molecule has 0 saturated heterocycles. The molecule has 0 unspecified atom stereocenters. The predicted molar refractivity (Wildman–Crippen MR) is 67.9 cm³/mol. The first-order valence-corrected chi connectivity index (χ1v) is 5.72. The lowest BCUT2D eigenvalue weighted by Gasteiger charge is -2.03. The van der Waals surface area contributed by atoms with Crippen LogP contribution in [0.5, 0.6) is 5.75 Å². The molecular formula is C14H10N2O3. The van der Waals surface area contributed by atoms with Gasteiger partial charge >= 0.3 is 5.97 Å². The minimum atomic E-state index is -0.432. The molecule has 3 rings (SSSR count). The summed E-state index contributed by atoms with van der Waals surface area (Å²) < 4.78 is 10.6. The number of oxazole rings is 1. The number of aromatic nitrogens is 2. The summed E-state index contributed by atoms with van der Waals surface area (Å²) in [5, 5.41) is 0. The first kappa shape index (κ1) is 11.4. The molecule has 5 nitrogen and oxygen atoms in total. The summed E-state index contributed by atoms with van der Waals surface area (Å²) >= 11 is 0. The lowest BCUT2D eigenvalue weighted by atomic mass is 10.2. The number of benzene rings is 1. The molecule has 0 bridgehead atoms. The van der Waals surface area contributed by atoms with Crippen LogP contribution in [0.1, 0.15) is 16.2 Å². The Balaban J connectivity index is 1.87. The van der Waals surface area contributed by atoms with E-state index >= 15 is 0 Å². The van der Waals surface area contributed by atoms with E-state index in [1.807, 2.05) is 0 Å². The van der Waals surface area contributed by atoms with Crippen molar-refractivity contribution >= 4 is 17.1 Å². The summed E-state index contributed by atoms with van der Waals surface area (Å²) in [7, 11) is 0. The van der Waals surface area contributed by atoms with Crippen molar-refractivity contribution in [1.29, 1.82) is 0 Å². The molecule has 0 aliphatic carbocycles. The van der Waals surface area contributed by atoms with Crippen molar-refractivity contribution in [2.45, 2.75) is 6.92 Å². The van der Waals surface area contributed by atoms with Crippen molar-refractivity contribution < 1.29 is 13.9 Å². The standard InChI is InChI=1S/C14H10N2O3/c1-9-16-12-3-2-11(8-13(12)18-9)19-14(17)10-4-6-15-7-5-10/h2-8H,1H3. The molecule has 0 fully saturated rings. The highest BCUT2D eigenvalue weighted by Crippen LogP contribution is 2.22. The predicted octanol–water partition coefficient (Wildman–Crippen LogP) is 2.75. The molecular weight excluding hydrogens is 244 g/mol. The monoisotopic (exact) mass is 254 g/mol. The first-order chi connectivity index (χ1) is 9.22. The van der Waals surface area contributed by atoms with Crippen molar-refractivity contribution in [2.24, 2.45) is 0 Å². The van der Waals surface area contributed by atoms with E-state index in [1.165, 1.54) is 0 Å². The zero-order chi connectivity index (χ0) is 13.2. The summed E-state index contributed by atoms with van der Waals surface area (Å²) in [5.74, 6) is 0.566. The van der Waals surface area contributed by atoms with Crippen LogP contribution in [-0.4, -0.2) is 15.9 Å². The SMILES string of the molecule is Cc1nc2ccc(OC(=O)c3ccncc3)cc2o1. The van der Waals surface area contributed by atoms with Crippen LogP contribution in [0.15, 0.2) is 47.1 Å². The number of ether oxygens (including phenoxy) is 1. The van der Waals surface area contributed by atoms with E-state index in [4.69, 9.17) is 9.15 Å². The third-order valence-electron chi connectivity index (χ3n) is 2.59. The van der Waals surface area contributed by atoms with Gasteiger partial charge in [-0.1, -0.05) is 0 Å². The molecule has 3 aromatic rings. The second-order valence-electron chi connectivity index (χ2n) is 3.99. The van der Waals surface area contributed by atoms with E-state index in [0.717, 1.165) is 5.52 Å². The molecule has 0 aliphatic rings. The quantitative estimate of drug-likeness (QED) is 0.519. The molecule has 94 valence electrons. The van der Waals surface area contributed by atoms with Gasteiger partial charge in [-0.3, -0.25) is 4.98 Å². The van der Waals surface area contributed by atoms with Crippen molar-refractivity contribution in [3.8, 4) is 5.75 Å². The maximum atomic E-state index is 11.9. The number of hydrogen-bond acceptors (Lipinski definition) is 5. The summed E-state index contributed by atoms with van der Waals surface area (Å²) in [6, 6.07) is 8.28. The Morgan fingerprint density at radius 3 is 2.79 bits per heavy atom. The highest BCUT2D eigenvalue weighted by Gasteiger charge is 2.10. The summed E-state index contributed by atoms with van der Waals surface area (Å²) in [6.07, 6.45) is 3.08. The van der Waals surface area contributed by atoms with Crippen molar-refractivity contribution in [3.05, 3.63) is 54.2 Å². The van der Waals surface area contributed by atoms with Gasteiger partial charge in [-0.05, 0) is 24.3 Å². The van der Waals surface area contributed by atoms with E-state index in [9.17, 15) is 4.79 Å². The third kappa shape index (κ3) is 2.30. The second-order valence-corrected chi connectivity index (χ2v) is 3.99. The molecule has 0 aliphatic heterocycles. The Bertz CT molecular complexity index is 735. The molecule has 0 amide bonds. The van der Waals surface area contributed by atoms with Gasteiger partial charge in [-0.2, -0.15) is 0 Å². The van der Waals surface area contributed by atoms with Gasteiger partial charge in [-0.25, -0.2) is 9.78 Å². The zero-order valence-corrected chi connectivity index (χ0v) is 10.2. The fraction of sp³-hybridized carbons (Fsp3) is 0.0714. The number of rotatable bonds is 2. The maximum Gasteiger partial charge on any atom is 0.343 e. The van der Waals surface area contributed by atoms with Crippen molar-refractivity contribution in [3.63, 3.8) is 0 Å². The fourth-order valence-corrected chi connectivity index (χ4v) is 1.74. The Morgan fingerprint density at radius 2 is 2.00 bits per heavy atom. The highest BCUT2D eigenvalue weighted by molar-refractivity contribution is 5.91. The number of hydrogen-bond donors (Lipinski definition) is 0. The van der Waals surface area contributed by atoms with Crippen LogP contribution >= 0.6 is 0 Å². The smallest absolute Gasteiger partial charge is 0.343 e. The number of aryl methyl sites for hydroxylation is 1. The van der Waals surface area contributed by atoms with Crippen LogP contribution in [0, 0.1) is 6.92 Å². The molecule has 0 spiro atoms. The van der Waals surface area contributed by atoms with E-state index in [-0.39, 0.29) is 0 Å². The van der Waals surface area contributed by atoms with Gasteiger partial charge in [0.15, 0.2) is 11.5 Å². The third-order valence-corrected chi connectivity index (χ3v) is 2.59. The Labute approximate surface area is 108 Å². The van der Waals surface area contributed by atoms with Crippen LogP contribution in [0.25, 0.3) is 11.1 Å². The van der Waals surface area contributed by atoms with Gasteiger partial charge < -0.3 is 9.15 Å². The van der Waals surface area contributed by atoms with Crippen molar-refractivity contribution in [2.75, 3.05) is 0 Å². The highest BCUT2D eigenvalue weighted by atomic mass is 16.5. The average molecular weight is 254 g/mol. The van der Waals surface area contributed by atoms with Gasteiger partial charge in [0.2, 0.25) is 0 Å². The second kappa shape index (κ2) is 4.53. The number of fused-ring (bicyclic) bond motifs is 1. The molecule has 2 aromatic heterocycles. The van der Waals surface area contributed by atoms with Gasteiger partial charge in [0, 0.05) is 25.4 Å². The number of pyridine rings is 1. The molecule has 0 atom stereocenters. The van der Waals surface area contributed by atoms with Crippen LogP contribution in [0.3, 0.4) is 0 Å². The van der Waals surface area contributed by atoms with Gasteiger partial charge in [0.25, 0.3) is 0 Å². The lowest BCUT2D eigenvalue weighted by Crippen LogP contribution is -2.08. The van der Waals surface area contributed by atoms with E-state index in [2.05, 4.69) is 9.97 Å². The van der Waals surface area contributed by atoms with Crippen LogP contribution in [0.4, 0.5) is 0 Å². The molecule has 5 heteroatoms. The average Bonchev–Trinajstić information content (AvgIpc) is 2.79. The van der Waals surface area contributed by atoms with E-state index in [1.54, 1.807) is 49.6 Å². The molecule has 0 N–H and O–H groups in total. The number of esters is 1. The number of nitrogens with zero attached hydrogens (tertiary/aromatic N) is 2. The molecule has 0 saturated carbocycles. The largest absolute Gasteiger partial charge is 0.441 e. The van der Waals surface area contributed by atoms with Crippen LogP contribution in [0.2, 0.25) is 0 Å². The van der Waals surface area contributed by atoms with Gasteiger partial charge in [0.1, 0.15) is 11.3 Å². The lowest BCUT2D eigenvalue weighted by molar-refractivity contribution is 0.0735.